The van der Waals surface area contributed by atoms with Crippen LogP contribution in [0.25, 0.3) is 0 Å². The molecular weight excluding hydrogens is 374 g/mol. The molecule has 0 aliphatic rings. The number of amides is 1. The summed E-state index contributed by atoms with van der Waals surface area (Å²) in [6.07, 6.45) is 0.803. The van der Waals surface area contributed by atoms with Gasteiger partial charge in [-0.25, -0.2) is 8.42 Å². The molecule has 0 aliphatic heterocycles. The van der Waals surface area contributed by atoms with Gasteiger partial charge in [0, 0.05) is 11.6 Å². The van der Waals surface area contributed by atoms with E-state index in [1.807, 2.05) is 19.0 Å². The van der Waals surface area contributed by atoms with Gasteiger partial charge < -0.3 is 10.2 Å². The van der Waals surface area contributed by atoms with Gasteiger partial charge in [-0.3, -0.25) is 9.52 Å². The van der Waals surface area contributed by atoms with Gasteiger partial charge in [-0.1, -0.05) is 23.7 Å². The Bertz CT molecular complexity index is 852. The van der Waals surface area contributed by atoms with Crippen molar-refractivity contribution >= 4 is 33.2 Å². The lowest BCUT2D eigenvalue weighted by molar-refractivity contribution is 0.0953. The number of hydrogen-bond acceptors (Lipinski definition) is 4. The molecule has 6 nitrogen and oxygen atoms in total. The van der Waals surface area contributed by atoms with Gasteiger partial charge in [0.05, 0.1) is 16.1 Å². The number of anilines is 1. The highest BCUT2D eigenvalue weighted by Crippen LogP contribution is 2.21. The number of hydrogen-bond donors (Lipinski definition) is 2. The molecule has 140 valence electrons. The van der Waals surface area contributed by atoms with E-state index in [1.54, 1.807) is 24.3 Å². The summed E-state index contributed by atoms with van der Waals surface area (Å²) in [6, 6.07) is 12.3. The first kappa shape index (κ1) is 20.2. The number of nitrogens with one attached hydrogen (secondary N) is 2. The van der Waals surface area contributed by atoms with Gasteiger partial charge in [-0.2, -0.15) is 0 Å². The van der Waals surface area contributed by atoms with Gasteiger partial charge >= 0.3 is 0 Å². The van der Waals surface area contributed by atoms with Crippen molar-refractivity contribution in [3.8, 4) is 0 Å². The number of halogens is 1. The van der Waals surface area contributed by atoms with Crippen LogP contribution in [-0.2, 0) is 10.0 Å². The second-order valence-corrected chi connectivity index (χ2v) is 8.14. The van der Waals surface area contributed by atoms with E-state index in [2.05, 4.69) is 10.0 Å². The first-order valence-corrected chi connectivity index (χ1v) is 9.96. The van der Waals surface area contributed by atoms with E-state index in [0.717, 1.165) is 13.0 Å². The number of sulfonamides is 1. The molecule has 0 bridgehead atoms. The minimum Gasteiger partial charge on any atom is -0.352 e. The number of benzene rings is 2. The van der Waals surface area contributed by atoms with Crippen molar-refractivity contribution in [2.75, 3.05) is 31.9 Å². The third kappa shape index (κ3) is 5.72. The second-order valence-electron chi connectivity index (χ2n) is 6.02. The third-order valence-corrected chi connectivity index (χ3v) is 5.24. The van der Waals surface area contributed by atoms with Crippen molar-refractivity contribution < 1.29 is 13.2 Å². The lowest BCUT2D eigenvalue weighted by Crippen LogP contribution is -2.28. The number of carbonyl (C=O) groups is 1. The van der Waals surface area contributed by atoms with Gasteiger partial charge in [-0.05, 0) is 63.5 Å². The fourth-order valence-electron chi connectivity index (χ4n) is 2.28. The molecule has 2 rings (SSSR count). The van der Waals surface area contributed by atoms with Crippen molar-refractivity contribution in [3.63, 3.8) is 0 Å². The largest absolute Gasteiger partial charge is 0.352 e. The molecule has 0 saturated carbocycles. The fraction of sp³-hybridized carbons (Fsp3) is 0.278. The van der Waals surface area contributed by atoms with Gasteiger partial charge in [0.2, 0.25) is 0 Å². The zero-order valence-corrected chi connectivity index (χ0v) is 16.3. The number of para-hydroxylation sites is 1. The SMILES string of the molecule is CN(C)CCCNC(=O)c1ccccc1NS(=O)(=O)c1ccc(Cl)cc1. The number of nitrogens with zero attached hydrogens (tertiary/aromatic N) is 1. The Morgan fingerprint density at radius 1 is 1.08 bits per heavy atom. The van der Waals surface area contributed by atoms with E-state index in [0.29, 0.717) is 11.6 Å². The lowest BCUT2D eigenvalue weighted by Gasteiger charge is -2.13. The quantitative estimate of drug-likeness (QED) is 0.673. The zero-order valence-electron chi connectivity index (χ0n) is 14.7. The Balaban J connectivity index is 2.13. The summed E-state index contributed by atoms with van der Waals surface area (Å²) in [7, 11) is 0.104. The molecule has 2 N–H and O–H groups in total. The molecule has 0 fully saturated rings. The predicted molar refractivity (Wildman–Crippen MR) is 104 cm³/mol. The molecule has 0 radical (unpaired) electrons. The molecule has 2 aromatic rings. The van der Waals surface area contributed by atoms with Crippen LogP contribution in [0.2, 0.25) is 5.02 Å². The summed E-state index contributed by atoms with van der Waals surface area (Å²) in [5.41, 5.74) is 0.502. The topological polar surface area (TPSA) is 78.5 Å². The highest BCUT2D eigenvalue weighted by molar-refractivity contribution is 7.92. The van der Waals surface area contributed by atoms with E-state index in [-0.39, 0.29) is 22.1 Å². The molecule has 0 aliphatic carbocycles. The summed E-state index contributed by atoms with van der Waals surface area (Å²) in [6.45, 7) is 1.36. The zero-order chi connectivity index (χ0) is 19.2. The minimum absolute atomic E-state index is 0.0723. The molecular formula is C18H22ClN3O3S. The van der Waals surface area contributed by atoms with Crippen molar-refractivity contribution in [3.05, 3.63) is 59.1 Å². The van der Waals surface area contributed by atoms with Gasteiger partial charge in [0.25, 0.3) is 15.9 Å². The molecule has 2 aromatic carbocycles. The van der Waals surface area contributed by atoms with Crippen LogP contribution in [0.5, 0.6) is 0 Å². The molecule has 8 heteroatoms. The maximum atomic E-state index is 12.5. The second kappa shape index (κ2) is 9.02. The van der Waals surface area contributed by atoms with Crippen LogP contribution < -0.4 is 10.0 Å². The van der Waals surface area contributed by atoms with Crippen LogP contribution in [0, 0.1) is 0 Å². The Morgan fingerprint density at radius 3 is 2.38 bits per heavy atom. The normalized spacial score (nSPS) is 11.4. The van der Waals surface area contributed by atoms with Crippen LogP contribution in [0.4, 0.5) is 5.69 Å². The summed E-state index contributed by atoms with van der Waals surface area (Å²) in [4.78, 5) is 14.5. The van der Waals surface area contributed by atoms with Crippen LogP contribution in [0.3, 0.4) is 0 Å². The molecule has 0 heterocycles. The van der Waals surface area contributed by atoms with Crippen LogP contribution in [0.15, 0.2) is 53.4 Å². The smallest absolute Gasteiger partial charge is 0.261 e. The average Bonchev–Trinajstić information content (AvgIpc) is 2.59. The third-order valence-electron chi connectivity index (χ3n) is 3.61. The van der Waals surface area contributed by atoms with Gasteiger partial charge in [0.15, 0.2) is 0 Å². The van der Waals surface area contributed by atoms with Crippen LogP contribution >= 0.6 is 11.6 Å². The molecule has 0 atom stereocenters. The van der Waals surface area contributed by atoms with E-state index in [1.165, 1.54) is 24.3 Å². The average molecular weight is 396 g/mol. The molecule has 26 heavy (non-hydrogen) atoms. The Kier molecular flexibility index (Phi) is 7.02. The highest BCUT2D eigenvalue weighted by atomic mass is 35.5. The molecule has 0 spiro atoms. The fourth-order valence-corrected chi connectivity index (χ4v) is 3.49. The van der Waals surface area contributed by atoms with E-state index < -0.39 is 10.0 Å². The molecule has 1 amide bonds. The van der Waals surface area contributed by atoms with E-state index in [4.69, 9.17) is 11.6 Å². The van der Waals surface area contributed by atoms with Crippen molar-refractivity contribution in [2.45, 2.75) is 11.3 Å². The summed E-state index contributed by atoms with van der Waals surface area (Å²) >= 11 is 5.80. The van der Waals surface area contributed by atoms with Crippen LogP contribution in [-0.4, -0.2) is 46.4 Å². The molecule has 0 unspecified atom stereocenters. The molecule has 0 saturated heterocycles. The maximum Gasteiger partial charge on any atom is 0.261 e. The number of carbonyl (C=O) groups excluding carboxylic acids is 1. The van der Waals surface area contributed by atoms with Gasteiger partial charge in [-0.15, -0.1) is 0 Å². The number of rotatable bonds is 8. The standard InChI is InChI=1S/C18H22ClN3O3S/c1-22(2)13-5-12-20-18(23)16-6-3-4-7-17(16)21-26(24,25)15-10-8-14(19)9-11-15/h3-4,6-11,21H,5,12-13H2,1-2H3,(H,20,23). The van der Waals surface area contributed by atoms with Crippen molar-refractivity contribution in [1.82, 2.24) is 10.2 Å². The summed E-state index contributed by atoms with van der Waals surface area (Å²) in [5, 5.41) is 3.26. The summed E-state index contributed by atoms with van der Waals surface area (Å²) < 4.78 is 27.5. The monoisotopic (exact) mass is 395 g/mol. The molecule has 0 aromatic heterocycles. The van der Waals surface area contributed by atoms with Gasteiger partial charge in [0.1, 0.15) is 0 Å². The Hall–Kier alpha value is -2.09. The van der Waals surface area contributed by atoms with E-state index >= 15 is 0 Å². The summed E-state index contributed by atoms with van der Waals surface area (Å²) in [5.74, 6) is -0.321. The van der Waals surface area contributed by atoms with Crippen LogP contribution in [0.1, 0.15) is 16.8 Å². The Morgan fingerprint density at radius 2 is 1.73 bits per heavy atom. The van der Waals surface area contributed by atoms with Crippen molar-refractivity contribution in [2.24, 2.45) is 0 Å². The Labute approximate surface area is 159 Å². The first-order chi connectivity index (χ1) is 12.3. The van der Waals surface area contributed by atoms with Crippen molar-refractivity contribution in [1.29, 1.82) is 0 Å². The maximum absolute atomic E-state index is 12.5. The predicted octanol–water partition coefficient (Wildman–Crippen LogP) is 2.82. The lowest BCUT2D eigenvalue weighted by atomic mass is 10.1. The minimum atomic E-state index is -3.82. The van der Waals surface area contributed by atoms with E-state index in [9.17, 15) is 13.2 Å². The highest BCUT2D eigenvalue weighted by Gasteiger charge is 2.18. The first-order valence-electron chi connectivity index (χ1n) is 8.10.